The van der Waals surface area contributed by atoms with Crippen LogP contribution in [0.3, 0.4) is 0 Å². The third-order valence-corrected chi connectivity index (χ3v) is 4.68. The van der Waals surface area contributed by atoms with Crippen molar-refractivity contribution in [2.24, 2.45) is 5.73 Å². The van der Waals surface area contributed by atoms with Gasteiger partial charge < -0.3 is 10.5 Å². The van der Waals surface area contributed by atoms with Crippen molar-refractivity contribution >= 4 is 11.7 Å². The predicted molar refractivity (Wildman–Crippen MR) is 90.6 cm³/mol. The van der Waals surface area contributed by atoms with Gasteiger partial charge in [0.25, 0.3) is 0 Å². The number of anilines is 1. The number of aryl methyl sites for hydroxylation is 1. The molecule has 0 aliphatic carbocycles. The lowest BCUT2D eigenvalue weighted by molar-refractivity contribution is -0.120. The molecular formula is C18H15N5O2. The number of hydrogen-bond acceptors (Lipinski definition) is 5. The number of H-pyrrole nitrogens is 1. The molecule has 0 radical (unpaired) electrons. The van der Waals surface area contributed by atoms with E-state index in [9.17, 15) is 10.1 Å². The van der Waals surface area contributed by atoms with E-state index in [1.54, 1.807) is 30.3 Å². The normalized spacial score (nSPS) is 21.0. The number of carbonyl (C=O) groups excluding carboxylic acids is 1. The largest absolute Gasteiger partial charge is 0.440 e. The molecule has 0 unspecified atom stereocenters. The predicted octanol–water partition coefficient (Wildman–Crippen LogP) is 1.62. The molecule has 2 aromatic rings. The van der Waals surface area contributed by atoms with Crippen LogP contribution in [0, 0.1) is 18.3 Å². The zero-order valence-electron chi connectivity index (χ0n) is 13.5. The first-order valence-electron chi connectivity index (χ1n) is 7.73. The average molecular weight is 333 g/mol. The minimum Gasteiger partial charge on any atom is -0.440 e. The number of nitriles is 1. The number of carbonyl (C=O) groups is 1. The Morgan fingerprint density at radius 2 is 2.28 bits per heavy atom. The summed E-state index contributed by atoms with van der Waals surface area (Å²) in [5.41, 5.74) is 6.67. The summed E-state index contributed by atoms with van der Waals surface area (Å²) < 4.78 is 5.61. The molecule has 0 saturated heterocycles. The zero-order chi connectivity index (χ0) is 17.8. The van der Waals surface area contributed by atoms with Crippen molar-refractivity contribution < 1.29 is 9.53 Å². The first-order chi connectivity index (χ1) is 12.1. The number of nitrogens with two attached hydrogens (primary N) is 1. The van der Waals surface area contributed by atoms with Crippen LogP contribution in [0.1, 0.15) is 16.8 Å². The van der Waals surface area contributed by atoms with Crippen molar-refractivity contribution in [3.8, 4) is 11.8 Å². The van der Waals surface area contributed by atoms with Gasteiger partial charge in [0, 0.05) is 23.4 Å². The molecule has 2 aliphatic heterocycles. The van der Waals surface area contributed by atoms with Crippen molar-refractivity contribution in [3.05, 3.63) is 65.2 Å². The number of ether oxygens (including phenoxy) is 1. The number of nitrogens with zero attached hydrogens (tertiary/aromatic N) is 3. The third-order valence-electron chi connectivity index (χ3n) is 4.68. The molecule has 25 heavy (non-hydrogen) atoms. The van der Waals surface area contributed by atoms with Gasteiger partial charge >= 0.3 is 0 Å². The molecule has 3 heterocycles. The Hall–Kier alpha value is -3.53. The van der Waals surface area contributed by atoms with Crippen molar-refractivity contribution in [1.29, 1.82) is 5.26 Å². The Kier molecular flexibility index (Phi) is 2.99. The van der Waals surface area contributed by atoms with Gasteiger partial charge in [-0.15, -0.1) is 6.58 Å². The van der Waals surface area contributed by atoms with E-state index >= 15 is 0 Å². The minimum absolute atomic E-state index is 0.0680. The molecule has 0 saturated carbocycles. The molecule has 1 aromatic carbocycles. The molecule has 0 fully saturated rings. The molecule has 4 rings (SSSR count). The number of aromatic nitrogens is 2. The van der Waals surface area contributed by atoms with Crippen LogP contribution < -0.4 is 15.4 Å². The standard InChI is InChI=1S/C18H15N5O2/c1-3-8-23-16-14(10(2)21-22-16)18(17(23)24)11-6-4-5-7-13(11)25-15(20)12(18)9-19/h3-7H,1,8,20H2,2H3,(H,21,22)/t18-/m0/s1. The number of nitrogens with one attached hydrogen (secondary N) is 1. The van der Waals surface area contributed by atoms with E-state index in [0.717, 1.165) is 0 Å². The Morgan fingerprint density at radius 3 is 3.00 bits per heavy atom. The zero-order valence-corrected chi connectivity index (χ0v) is 13.5. The summed E-state index contributed by atoms with van der Waals surface area (Å²) in [5, 5.41) is 17.0. The second kappa shape index (κ2) is 4.98. The van der Waals surface area contributed by atoms with Crippen LogP contribution in [0.5, 0.6) is 5.75 Å². The van der Waals surface area contributed by atoms with Crippen LogP contribution in [0.2, 0.25) is 0 Å². The monoisotopic (exact) mass is 333 g/mol. The SMILES string of the molecule is C=CCN1C(=O)[C@@]2(C(C#N)=C(N)Oc3ccccc32)c2c1n[nH]c2C. The summed E-state index contributed by atoms with van der Waals surface area (Å²) in [5.74, 6) is 0.595. The van der Waals surface area contributed by atoms with Crippen LogP contribution in [-0.4, -0.2) is 22.6 Å². The maximum atomic E-state index is 13.5. The van der Waals surface area contributed by atoms with Gasteiger partial charge in [0.05, 0.1) is 0 Å². The average Bonchev–Trinajstić information content (AvgIpc) is 3.09. The first kappa shape index (κ1) is 15.0. The van der Waals surface area contributed by atoms with Gasteiger partial charge in [0.1, 0.15) is 22.8 Å². The van der Waals surface area contributed by atoms with Gasteiger partial charge in [-0.05, 0) is 13.0 Å². The van der Waals surface area contributed by atoms with Gasteiger partial charge in [-0.1, -0.05) is 24.3 Å². The van der Waals surface area contributed by atoms with Crippen LogP contribution in [0.4, 0.5) is 5.82 Å². The number of aromatic amines is 1. The summed E-state index contributed by atoms with van der Waals surface area (Å²) in [7, 11) is 0. The van der Waals surface area contributed by atoms with Gasteiger partial charge in [-0.2, -0.15) is 10.4 Å². The van der Waals surface area contributed by atoms with Crippen molar-refractivity contribution in [1.82, 2.24) is 10.2 Å². The van der Waals surface area contributed by atoms with E-state index < -0.39 is 5.41 Å². The number of amides is 1. The van der Waals surface area contributed by atoms with Crippen LogP contribution >= 0.6 is 0 Å². The topological polar surface area (TPSA) is 108 Å². The molecule has 1 amide bonds. The van der Waals surface area contributed by atoms with E-state index in [4.69, 9.17) is 10.5 Å². The number of rotatable bonds is 2. The van der Waals surface area contributed by atoms with E-state index in [0.29, 0.717) is 28.4 Å². The van der Waals surface area contributed by atoms with Crippen LogP contribution in [0.25, 0.3) is 0 Å². The molecule has 1 spiro atoms. The third kappa shape index (κ3) is 1.63. The number of fused-ring (bicyclic) bond motifs is 4. The Balaban J connectivity index is 2.15. The molecule has 0 bridgehead atoms. The summed E-state index contributed by atoms with van der Waals surface area (Å²) in [6.45, 7) is 5.81. The highest BCUT2D eigenvalue weighted by Gasteiger charge is 2.61. The van der Waals surface area contributed by atoms with Crippen molar-refractivity contribution in [2.75, 3.05) is 11.4 Å². The van der Waals surface area contributed by atoms with E-state index in [1.165, 1.54) is 4.90 Å². The highest BCUT2D eigenvalue weighted by molar-refractivity contribution is 6.13. The van der Waals surface area contributed by atoms with E-state index in [1.807, 2.05) is 6.92 Å². The molecular weight excluding hydrogens is 318 g/mol. The first-order valence-corrected chi connectivity index (χ1v) is 7.73. The summed E-state index contributed by atoms with van der Waals surface area (Å²) in [4.78, 5) is 15.1. The van der Waals surface area contributed by atoms with Gasteiger partial charge in [0.15, 0.2) is 5.82 Å². The Labute approximate surface area is 144 Å². The fourth-order valence-electron chi connectivity index (χ4n) is 3.74. The minimum atomic E-state index is -1.36. The quantitative estimate of drug-likeness (QED) is 0.812. The van der Waals surface area contributed by atoms with E-state index in [2.05, 4.69) is 22.8 Å². The Morgan fingerprint density at radius 1 is 1.52 bits per heavy atom. The summed E-state index contributed by atoms with van der Waals surface area (Å²) >= 11 is 0. The lowest BCUT2D eigenvalue weighted by Crippen LogP contribution is -2.46. The van der Waals surface area contributed by atoms with Crippen molar-refractivity contribution in [2.45, 2.75) is 12.3 Å². The lowest BCUT2D eigenvalue weighted by Gasteiger charge is -2.34. The van der Waals surface area contributed by atoms with E-state index in [-0.39, 0.29) is 23.9 Å². The van der Waals surface area contributed by atoms with Crippen LogP contribution in [-0.2, 0) is 10.2 Å². The fourth-order valence-corrected chi connectivity index (χ4v) is 3.74. The molecule has 124 valence electrons. The van der Waals surface area contributed by atoms with Crippen molar-refractivity contribution in [3.63, 3.8) is 0 Å². The highest BCUT2D eigenvalue weighted by Crippen LogP contribution is 2.55. The smallest absolute Gasteiger partial charge is 0.249 e. The van der Waals surface area contributed by atoms with Gasteiger partial charge in [0.2, 0.25) is 11.8 Å². The molecule has 1 atom stereocenters. The maximum Gasteiger partial charge on any atom is 0.249 e. The van der Waals surface area contributed by atoms with Crippen LogP contribution in [0.15, 0.2) is 48.4 Å². The number of hydrogen-bond donors (Lipinski definition) is 2. The highest BCUT2D eigenvalue weighted by atomic mass is 16.5. The summed E-state index contributed by atoms with van der Waals surface area (Å²) in [6, 6.07) is 9.21. The van der Waals surface area contributed by atoms with Gasteiger partial charge in [-0.3, -0.25) is 14.8 Å². The lowest BCUT2D eigenvalue weighted by atomic mass is 9.69. The molecule has 3 N–H and O–H groups in total. The maximum absolute atomic E-state index is 13.5. The molecule has 2 aliphatic rings. The second-order valence-electron chi connectivity index (χ2n) is 5.95. The summed E-state index contributed by atoms with van der Waals surface area (Å²) in [6.07, 6.45) is 1.62. The molecule has 7 nitrogen and oxygen atoms in total. The number of benzene rings is 1. The van der Waals surface area contributed by atoms with Gasteiger partial charge in [-0.25, -0.2) is 0 Å². The fraction of sp³-hybridized carbons (Fsp3) is 0.167. The molecule has 1 aromatic heterocycles. The molecule has 7 heteroatoms. The second-order valence-corrected chi connectivity index (χ2v) is 5.95. The number of para-hydroxylation sites is 1. The Bertz CT molecular complexity index is 997.